The van der Waals surface area contributed by atoms with Crippen LogP contribution in [0, 0.1) is 10.1 Å². The van der Waals surface area contributed by atoms with Crippen molar-refractivity contribution in [2.75, 3.05) is 6.54 Å². The Morgan fingerprint density at radius 2 is 2.38 bits per heavy atom. The molecule has 0 aromatic carbocycles. The number of hydrogen-bond donors (Lipinski definition) is 2. The highest BCUT2D eigenvalue weighted by atomic mass is 16.6. The summed E-state index contributed by atoms with van der Waals surface area (Å²) in [5, 5.41) is 19.4. The molecule has 0 spiro atoms. The molecule has 0 aliphatic heterocycles. The minimum absolute atomic E-state index is 0.0464. The van der Waals surface area contributed by atoms with Crippen molar-refractivity contribution in [3.63, 3.8) is 0 Å². The van der Waals surface area contributed by atoms with Crippen molar-refractivity contribution in [2.45, 2.75) is 6.10 Å². The predicted molar refractivity (Wildman–Crippen MR) is 44.9 cm³/mol. The average Bonchev–Trinajstić information content (AvgIpc) is 2.17. The Hall–Kier alpha value is -1.53. The lowest BCUT2D eigenvalue weighted by atomic mass is 10.2. The van der Waals surface area contributed by atoms with E-state index in [0.29, 0.717) is 5.69 Å². The van der Waals surface area contributed by atoms with Crippen LogP contribution in [0.1, 0.15) is 11.8 Å². The summed E-state index contributed by atoms with van der Waals surface area (Å²) in [4.78, 5) is 13.4. The van der Waals surface area contributed by atoms with Crippen molar-refractivity contribution >= 4 is 5.69 Å². The van der Waals surface area contributed by atoms with E-state index in [1.807, 2.05) is 0 Å². The van der Waals surface area contributed by atoms with Gasteiger partial charge in [0.05, 0.1) is 10.6 Å². The molecule has 0 radical (unpaired) electrons. The molecule has 6 nitrogen and oxygen atoms in total. The Balaban J connectivity index is 2.87. The van der Waals surface area contributed by atoms with Gasteiger partial charge in [0.1, 0.15) is 12.3 Å². The summed E-state index contributed by atoms with van der Waals surface area (Å²) >= 11 is 0. The van der Waals surface area contributed by atoms with Gasteiger partial charge in [-0.15, -0.1) is 0 Å². The summed E-state index contributed by atoms with van der Waals surface area (Å²) in [6.07, 6.45) is 0.231. The summed E-state index contributed by atoms with van der Waals surface area (Å²) in [5.41, 5.74) is 5.42. The minimum atomic E-state index is -0.860. The highest BCUT2D eigenvalue weighted by molar-refractivity contribution is 5.27. The fourth-order valence-corrected chi connectivity index (χ4v) is 0.823. The number of nitro groups is 1. The van der Waals surface area contributed by atoms with E-state index >= 15 is 0 Å². The topological polar surface area (TPSA) is 102 Å². The molecule has 6 heteroatoms. The Kier molecular flexibility index (Phi) is 2.88. The van der Waals surface area contributed by atoms with Crippen LogP contribution in [0.4, 0.5) is 5.69 Å². The molecule has 0 fully saturated rings. The number of rotatable bonds is 3. The normalized spacial score (nSPS) is 12.5. The highest BCUT2D eigenvalue weighted by Crippen LogP contribution is 2.13. The summed E-state index contributed by atoms with van der Waals surface area (Å²) < 4.78 is 0. The average molecular weight is 183 g/mol. The quantitative estimate of drug-likeness (QED) is 0.506. The Labute approximate surface area is 74.2 Å². The van der Waals surface area contributed by atoms with Crippen molar-refractivity contribution < 1.29 is 10.0 Å². The first kappa shape index (κ1) is 9.56. The van der Waals surface area contributed by atoms with Gasteiger partial charge in [0, 0.05) is 12.6 Å². The van der Waals surface area contributed by atoms with Crippen LogP contribution in [0.3, 0.4) is 0 Å². The van der Waals surface area contributed by atoms with Crippen LogP contribution in [0.2, 0.25) is 0 Å². The van der Waals surface area contributed by atoms with Crippen LogP contribution in [0.5, 0.6) is 0 Å². The van der Waals surface area contributed by atoms with Crippen molar-refractivity contribution in [3.8, 4) is 0 Å². The van der Waals surface area contributed by atoms with Gasteiger partial charge in [0.15, 0.2) is 0 Å². The zero-order chi connectivity index (χ0) is 9.84. The monoisotopic (exact) mass is 183 g/mol. The van der Waals surface area contributed by atoms with E-state index < -0.39 is 11.0 Å². The fourth-order valence-electron chi connectivity index (χ4n) is 0.823. The molecule has 1 atom stereocenters. The van der Waals surface area contributed by atoms with Crippen LogP contribution in [-0.4, -0.2) is 21.6 Å². The SMILES string of the molecule is NC[C@H](O)c1ccc([N+](=O)[O-])cn1. The standard InChI is InChI=1S/C7H9N3O3/c8-3-7(11)6-2-1-5(4-9-6)10(12)13/h1-2,4,7,11H,3,8H2/t7-/m0/s1. The maximum absolute atomic E-state index is 10.2. The van der Waals surface area contributed by atoms with Crippen molar-refractivity contribution in [3.05, 3.63) is 34.1 Å². The maximum Gasteiger partial charge on any atom is 0.287 e. The summed E-state index contributed by atoms with van der Waals surface area (Å²) in [5.74, 6) is 0. The lowest BCUT2D eigenvalue weighted by molar-refractivity contribution is -0.385. The van der Waals surface area contributed by atoms with Gasteiger partial charge >= 0.3 is 0 Å². The third-order valence-corrected chi connectivity index (χ3v) is 1.55. The number of pyridine rings is 1. The summed E-state index contributed by atoms with van der Waals surface area (Å²) in [7, 11) is 0. The van der Waals surface area contributed by atoms with Crippen LogP contribution in [-0.2, 0) is 0 Å². The van der Waals surface area contributed by atoms with Gasteiger partial charge in [-0.2, -0.15) is 0 Å². The zero-order valence-electron chi connectivity index (χ0n) is 6.75. The highest BCUT2D eigenvalue weighted by Gasteiger charge is 2.09. The van der Waals surface area contributed by atoms with Gasteiger partial charge in [-0.3, -0.25) is 15.1 Å². The van der Waals surface area contributed by atoms with E-state index in [-0.39, 0.29) is 12.2 Å². The summed E-state index contributed by atoms with van der Waals surface area (Å²) in [6, 6.07) is 2.66. The van der Waals surface area contributed by atoms with E-state index in [9.17, 15) is 15.2 Å². The zero-order valence-corrected chi connectivity index (χ0v) is 6.75. The Bertz CT molecular complexity index is 298. The molecule has 1 aromatic rings. The van der Waals surface area contributed by atoms with Crippen LogP contribution < -0.4 is 5.73 Å². The third kappa shape index (κ3) is 2.20. The molecule has 0 aliphatic rings. The van der Waals surface area contributed by atoms with Gasteiger partial charge in [-0.05, 0) is 6.07 Å². The first-order valence-electron chi connectivity index (χ1n) is 3.63. The third-order valence-electron chi connectivity index (χ3n) is 1.55. The van der Waals surface area contributed by atoms with Crippen molar-refractivity contribution in [1.82, 2.24) is 4.98 Å². The molecular weight excluding hydrogens is 174 g/mol. The number of nitrogens with zero attached hydrogens (tertiary/aromatic N) is 2. The molecule has 13 heavy (non-hydrogen) atoms. The van der Waals surface area contributed by atoms with E-state index in [2.05, 4.69) is 4.98 Å². The molecular formula is C7H9N3O3. The molecule has 70 valence electrons. The van der Waals surface area contributed by atoms with Gasteiger partial charge in [0.25, 0.3) is 5.69 Å². The van der Waals surface area contributed by atoms with E-state index in [1.54, 1.807) is 0 Å². The molecule has 0 saturated carbocycles. The minimum Gasteiger partial charge on any atom is -0.385 e. The molecule has 3 N–H and O–H groups in total. The Morgan fingerprint density at radius 1 is 1.69 bits per heavy atom. The number of aliphatic hydroxyl groups is 1. The van der Waals surface area contributed by atoms with Gasteiger partial charge in [-0.1, -0.05) is 0 Å². The Morgan fingerprint density at radius 3 is 2.77 bits per heavy atom. The molecule has 0 saturated heterocycles. The predicted octanol–water partition coefficient (Wildman–Crippen LogP) is -0.0181. The van der Waals surface area contributed by atoms with Crippen molar-refractivity contribution in [1.29, 1.82) is 0 Å². The van der Waals surface area contributed by atoms with Crippen molar-refractivity contribution in [2.24, 2.45) is 5.73 Å². The summed E-state index contributed by atoms with van der Waals surface area (Å²) in [6.45, 7) is 0.0464. The van der Waals surface area contributed by atoms with E-state index in [4.69, 9.17) is 5.73 Å². The van der Waals surface area contributed by atoms with Crippen LogP contribution >= 0.6 is 0 Å². The largest absolute Gasteiger partial charge is 0.385 e. The first-order chi connectivity index (χ1) is 6.15. The van der Waals surface area contributed by atoms with Crippen LogP contribution in [0.15, 0.2) is 18.3 Å². The second kappa shape index (κ2) is 3.92. The molecule has 0 bridgehead atoms. The van der Waals surface area contributed by atoms with Gasteiger partial charge < -0.3 is 10.8 Å². The molecule has 0 aliphatic carbocycles. The van der Waals surface area contributed by atoms with E-state index in [1.165, 1.54) is 12.1 Å². The molecule has 1 rings (SSSR count). The lowest BCUT2D eigenvalue weighted by Crippen LogP contribution is -2.12. The lowest BCUT2D eigenvalue weighted by Gasteiger charge is -2.04. The maximum atomic E-state index is 10.2. The van der Waals surface area contributed by atoms with Gasteiger partial charge in [0.2, 0.25) is 0 Å². The number of nitrogens with two attached hydrogens (primary N) is 1. The van der Waals surface area contributed by atoms with E-state index in [0.717, 1.165) is 6.20 Å². The van der Waals surface area contributed by atoms with Gasteiger partial charge in [-0.25, -0.2) is 0 Å². The molecule has 1 aromatic heterocycles. The number of aromatic nitrogens is 1. The smallest absolute Gasteiger partial charge is 0.287 e. The fraction of sp³-hybridized carbons (Fsp3) is 0.286. The molecule has 1 heterocycles. The molecule has 0 unspecified atom stereocenters. The number of aliphatic hydroxyl groups excluding tert-OH is 1. The number of hydrogen-bond acceptors (Lipinski definition) is 5. The van der Waals surface area contributed by atoms with Crippen LogP contribution in [0.25, 0.3) is 0 Å². The second-order valence-corrected chi connectivity index (χ2v) is 2.45. The first-order valence-corrected chi connectivity index (χ1v) is 3.63. The molecule has 0 amide bonds. The second-order valence-electron chi connectivity index (χ2n) is 2.45.